The smallest absolute Gasteiger partial charge is 0.408 e. The van der Waals surface area contributed by atoms with Crippen LogP contribution in [0.5, 0.6) is 0 Å². The van der Waals surface area contributed by atoms with Crippen LogP contribution in [0.3, 0.4) is 0 Å². The maximum atomic E-state index is 12.1. The molecule has 0 saturated carbocycles. The van der Waals surface area contributed by atoms with Gasteiger partial charge >= 0.3 is 11.8 Å². The Morgan fingerprint density at radius 1 is 1.39 bits per heavy atom. The molecule has 1 aliphatic heterocycles. The first kappa shape index (κ1) is 18.2. The standard InChI is InChI=1S/C18H21N5O5/c1-2-23-12-6-5-11(10-14(12)27-18(23)25)20-17(24)19-8-7-15-21-16(28-22-15)13-4-3-9-26-13/h5-6,10,13H,2-4,7-9H2,1H3,(H2,19,20,24). The number of benzene rings is 1. The molecule has 1 aromatic carbocycles. The summed E-state index contributed by atoms with van der Waals surface area (Å²) in [6, 6.07) is 4.70. The van der Waals surface area contributed by atoms with Gasteiger partial charge in [-0.15, -0.1) is 0 Å². The largest absolute Gasteiger partial charge is 0.419 e. The van der Waals surface area contributed by atoms with E-state index in [4.69, 9.17) is 13.7 Å². The number of rotatable bonds is 6. The fraction of sp³-hybridized carbons (Fsp3) is 0.444. The molecule has 2 aromatic heterocycles. The Morgan fingerprint density at radius 2 is 2.29 bits per heavy atom. The van der Waals surface area contributed by atoms with Crippen LogP contribution in [0, 0.1) is 0 Å². The quantitative estimate of drug-likeness (QED) is 0.664. The number of ether oxygens (including phenoxy) is 1. The van der Waals surface area contributed by atoms with Gasteiger partial charge in [0.05, 0.1) is 5.52 Å². The molecular formula is C18H21N5O5. The van der Waals surface area contributed by atoms with Crippen LogP contribution in [-0.4, -0.2) is 33.9 Å². The summed E-state index contributed by atoms with van der Waals surface area (Å²) >= 11 is 0. The van der Waals surface area contributed by atoms with Gasteiger partial charge in [0.1, 0.15) is 6.10 Å². The average molecular weight is 387 g/mol. The number of anilines is 1. The van der Waals surface area contributed by atoms with Gasteiger partial charge in [-0.3, -0.25) is 4.57 Å². The minimum absolute atomic E-state index is 0.116. The van der Waals surface area contributed by atoms with Gasteiger partial charge < -0.3 is 24.3 Å². The molecule has 28 heavy (non-hydrogen) atoms. The minimum Gasteiger partial charge on any atom is -0.408 e. The molecule has 10 nitrogen and oxygen atoms in total. The van der Waals surface area contributed by atoms with Crippen molar-refractivity contribution in [2.75, 3.05) is 18.5 Å². The third-order valence-electron chi connectivity index (χ3n) is 4.57. The van der Waals surface area contributed by atoms with Gasteiger partial charge in [0, 0.05) is 37.9 Å². The molecule has 0 aliphatic carbocycles. The highest BCUT2D eigenvalue weighted by Gasteiger charge is 2.23. The fourth-order valence-corrected chi connectivity index (χ4v) is 3.18. The van der Waals surface area contributed by atoms with Crippen molar-refractivity contribution < 1.29 is 18.5 Å². The van der Waals surface area contributed by atoms with E-state index in [2.05, 4.69) is 20.8 Å². The lowest BCUT2D eigenvalue weighted by atomic mass is 10.2. The SMILES string of the molecule is CCn1c(=O)oc2cc(NC(=O)NCCc3noc(C4CCCO4)n3)ccc21. The number of aryl methyl sites for hydroxylation is 1. The van der Waals surface area contributed by atoms with E-state index in [-0.39, 0.29) is 12.1 Å². The number of fused-ring (bicyclic) bond motifs is 1. The molecule has 0 radical (unpaired) electrons. The van der Waals surface area contributed by atoms with Crippen molar-refractivity contribution in [3.63, 3.8) is 0 Å². The van der Waals surface area contributed by atoms with Crippen LogP contribution >= 0.6 is 0 Å². The van der Waals surface area contributed by atoms with Crippen LogP contribution in [0.2, 0.25) is 0 Å². The monoisotopic (exact) mass is 387 g/mol. The molecule has 1 fully saturated rings. The summed E-state index contributed by atoms with van der Waals surface area (Å²) in [6.07, 6.45) is 2.20. The van der Waals surface area contributed by atoms with Gasteiger partial charge in [-0.2, -0.15) is 4.98 Å². The number of oxazole rings is 1. The molecule has 2 amide bonds. The third-order valence-corrected chi connectivity index (χ3v) is 4.57. The zero-order valence-corrected chi connectivity index (χ0v) is 15.4. The molecule has 2 N–H and O–H groups in total. The van der Waals surface area contributed by atoms with E-state index in [1.54, 1.807) is 18.2 Å². The van der Waals surface area contributed by atoms with Crippen molar-refractivity contribution in [1.82, 2.24) is 20.0 Å². The Balaban J connectivity index is 1.30. The van der Waals surface area contributed by atoms with Gasteiger partial charge in [0.15, 0.2) is 11.4 Å². The summed E-state index contributed by atoms with van der Waals surface area (Å²) in [4.78, 5) is 28.1. The van der Waals surface area contributed by atoms with E-state index < -0.39 is 5.76 Å². The molecular weight excluding hydrogens is 366 g/mol. The Morgan fingerprint density at radius 3 is 3.07 bits per heavy atom. The van der Waals surface area contributed by atoms with Crippen LogP contribution in [0.1, 0.15) is 37.6 Å². The second kappa shape index (κ2) is 7.85. The molecule has 3 aromatic rings. The van der Waals surface area contributed by atoms with Crippen LogP contribution in [-0.2, 0) is 17.7 Å². The van der Waals surface area contributed by atoms with Gasteiger partial charge in [0.25, 0.3) is 5.89 Å². The number of hydrogen-bond donors (Lipinski definition) is 2. The number of amides is 2. The van der Waals surface area contributed by atoms with Crippen molar-refractivity contribution in [3.05, 3.63) is 40.5 Å². The Kier molecular flexibility index (Phi) is 5.11. The molecule has 3 heterocycles. The molecule has 1 aliphatic rings. The van der Waals surface area contributed by atoms with Gasteiger partial charge in [-0.25, -0.2) is 9.59 Å². The van der Waals surface area contributed by atoms with E-state index >= 15 is 0 Å². The van der Waals surface area contributed by atoms with Crippen molar-refractivity contribution in [3.8, 4) is 0 Å². The van der Waals surface area contributed by atoms with Crippen LogP contribution in [0.15, 0.2) is 31.9 Å². The Labute approximate surface area is 159 Å². The number of aromatic nitrogens is 3. The lowest BCUT2D eigenvalue weighted by Gasteiger charge is -2.06. The summed E-state index contributed by atoms with van der Waals surface area (Å²) < 4.78 is 17.4. The molecule has 1 saturated heterocycles. The number of urea groups is 1. The number of carbonyl (C=O) groups is 1. The number of hydrogen-bond acceptors (Lipinski definition) is 7. The van der Waals surface area contributed by atoms with E-state index in [1.807, 2.05) is 6.92 Å². The first-order valence-corrected chi connectivity index (χ1v) is 9.26. The molecule has 1 atom stereocenters. The normalized spacial score (nSPS) is 16.5. The predicted octanol–water partition coefficient (Wildman–Crippen LogP) is 2.21. The fourth-order valence-electron chi connectivity index (χ4n) is 3.18. The summed E-state index contributed by atoms with van der Waals surface area (Å²) in [7, 11) is 0. The van der Waals surface area contributed by atoms with Gasteiger partial charge in [-0.05, 0) is 31.9 Å². The van der Waals surface area contributed by atoms with E-state index in [9.17, 15) is 9.59 Å². The molecule has 0 spiro atoms. The van der Waals surface area contributed by atoms with Crippen molar-refractivity contribution in [1.29, 1.82) is 0 Å². The minimum atomic E-state index is -0.415. The van der Waals surface area contributed by atoms with Gasteiger partial charge in [0.2, 0.25) is 0 Å². The highest BCUT2D eigenvalue weighted by atomic mass is 16.5. The number of nitrogens with zero attached hydrogens (tertiary/aromatic N) is 3. The maximum absolute atomic E-state index is 12.1. The van der Waals surface area contributed by atoms with E-state index in [0.717, 1.165) is 12.8 Å². The highest BCUT2D eigenvalue weighted by molar-refractivity contribution is 5.91. The topological polar surface area (TPSA) is 124 Å². The zero-order valence-electron chi connectivity index (χ0n) is 15.4. The van der Waals surface area contributed by atoms with Crippen molar-refractivity contribution >= 4 is 22.8 Å². The van der Waals surface area contributed by atoms with Crippen molar-refractivity contribution in [2.45, 2.75) is 38.8 Å². The second-order valence-electron chi connectivity index (χ2n) is 6.48. The third kappa shape index (κ3) is 3.77. The lowest BCUT2D eigenvalue weighted by Crippen LogP contribution is -2.30. The lowest BCUT2D eigenvalue weighted by molar-refractivity contribution is 0.0835. The summed E-state index contributed by atoms with van der Waals surface area (Å²) in [5.74, 6) is 0.599. The molecule has 10 heteroatoms. The molecule has 148 valence electrons. The molecule has 0 bridgehead atoms. The van der Waals surface area contributed by atoms with E-state index in [1.165, 1.54) is 4.57 Å². The van der Waals surface area contributed by atoms with Crippen LogP contribution < -0.4 is 16.4 Å². The van der Waals surface area contributed by atoms with Crippen LogP contribution in [0.25, 0.3) is 11.1 Å². The number of carbonyl (C=O) groups excluding carboxylic acids is 1. The van der Waals surface area contributed by atoms with Gasteiger partial charge in [-0.1, -0.05) is 5.16 Å². The molecule has 4 rings (SSSR count). The Bertz CT molecular complexity index is 1030. The first-order valence-electron chi connectivity index (χ1n) is 9.26. The average Bonchev–Trinajstić information content (AvgIpc) is 3.40. The summed E-state index contributed by atoms with van der Waals surface area (Å²) in [6.45, 7) is 3.44. The molecule has 1 unspecified atom stereocenters. The maximum Gasteiger partial charge on any atom is 0.419 e. The Hall–Kier alpha value is -3.14. The predicted molar refractivity (Wildman–Crippen MR) is 99.1 cm³/mol. The first-order chi connectivity index (χ1) is 13.6. The summed E-state index contributed by atoms with van der Waals surface area (Å²) in [5, 5.41) is 9.36. The zero-order chi connectivity index (χ0) is 19.5. The number of nitrogens with one attached hydrogen (secondary N) is 2. The van der Waals surface area contributed by atoms with Crippen molar-refractivity contribution in [2.24, 2.45) is 0 Å². The van der Waals surface area contributed by atoms with E-state index in [0.29, 0.717) is 54.6 Å². The summed E-state index contributed by atoms with van der Waals surface area (Å²) in [5.41, 5.74) is 1.65. The van der Waals surface area contributed by atoms with Crippen LogP contribution in [0.4, 0.5) is 10.5 Å². The highest BCUT2D eigenvalue weighted by Crippen LogP contribution is 2.26. The second-order valence-corrected chi connectivity index (χ2v) is 6.48.